The van der Waals surface area contributed by atoms with Crippen LogP contribution in [0.1, 0.15) is 36.0 Å². The van der Waals surface area contributed by atoms with Gasteiger partial charge in [-0.05, 0) is 25.5 Å². The number of aromatic nitrogens is 3. The number of pyridine rings is 1. The van der Waals surface area contributed by atoms with Crippen molar-refractivity contribution in [2.45, 2.75) is 31.5 Å². The molecule has 0 aliphatic heterocycles. The number of aryl methyl sites for hydroxylation is 1. The van der Waals surface area contributed by atoms with Gasteiger partial charge in [0.05, 0.1) is 11.4 Å². The van der Waals surface area contributed by atoms with E-state index < -0.39 is 0 Å². The summed E-state index contributed by atoms with van der Waals surface area (Å²) in [6, 6.07) is 4.01. The monoisotopic (exact) mass is 279 g/mol. The largest absolute Gasteiger partial charge is 0.374 e. The Morgan fingerprint density at radius 2 is 2.26 bits per heavy atom. The summed E-state index contributed by atoms with van der Waals surface area (Å²) in [6.07, 6.45) is 1.68. The van der Waals surface area contributed by atoms with Crippen molar-refractivity contribution in [3.63, 3.8) is 0 Å². The Morgan fingerprint density at radius 1 is 1.42 bits per heavy atom. The third-order valence-electron chi connectivity index (χ3n) is 2.78. The highest BCUT2D eigenvalue weighted by atomic mass is 32.2. The molecule has 102 valence electrons. The van der Waals surface area contributed by atoms with Crippen LogP contribution in [0.4, 0.5) is 0 Å². The molecule has 0 spiro atoms. The molecule has 0 fully saturated rings. The number of rotatable bonds is 6. The first-order valence-corrected chi connectivity index (χ1v) is 7.19. The van der Waals surface area contributed by atoms with Gasteiger partial charge < -0.3 is 9.26 Å². The topological polar surface area (TPSA) is 61.0 Å². The summed E-state index contributed by atoms with van der Waals surface area (Å²) in [6.45, 7) is 3.95. The molecule has 5 nitrogen and oxygen atoms in total. The van der Waals surface area contributed by atoms with Crippen LogP contribution in [-0.2, 0) is 16.2 Å². The molecule has 0 N–H and O–H groups in total. The molecule has 0 radical (unpaired) electrons. The summed E-state index contributed by atoms with van der Waals surface area (Å²) in [4.78, 5) is 8.64. The van der Waals surface area contributed by atoms with Gasteiger partial charge in [0.15, 0.2) is 5.82 Å². The Kier molecular flexibility index (Phi) is 4.93. The molecule has 1 atom stereocenters. The van der Waals surface area contributed by atoms with Gasteiger partial charge in [-0.2, -0.15) is 4.98 Å². The van der Waals surface area contributed by atoms with Crippen molar-refractivity contribution in [1.82, 2.24) is 15.1 Å². The molecular weight excluding hydrogens is 262 g/mol. The summed E-state index contributed by atoms with van der Waals surface area (Å²) in [5.74, 6) is 2.73. The van der Waals surface area contributed by atoms with E-state index in [1.54, 1.807) is 18.9 Å². The molecule has 0 aliphatic rings. The van der Waals surface area contributed by atoms with Crippen molar-refractivity contribution in [3.05, 3.63) is 41.3 Å². The van der Waals surface area contributed by atoms with E-state index in [1.165, 1.54) is 5.56 Å². The van der Waals surface area contributed by atoms with Crippen molar-refractivity contribution in [2.24, 2.45) is 0 Å². The number of hydrogen-bond acceptors (Lipinski definition) is 6. The maximum absolute atomic E-state index is 5.17. The average Bonchev–Trinajstić information content (AvgIpc) is 2.89. The first-order chi connectivity index (χ1) is 9.20. The molecule has 2 rings (SSSR count). The lowest BCUT2D eigenvalue weighted by atomic mass is 10.2. The predicted octanol–water partition coefficient (Wildman–Crippen LogP) is 2.91. The quantitative estimate of drug-likeness (QED) is 0.810. The lowest BCUT2D eigenvalue weighted by Crippen LogP contribution is -1.98. The predicted molar refractivity (Wildman–Crippen MR) is 73.7 cm³/mol. The van der Waals surface area contributed by atoms with Gasteiger partial charge >= 0.3 is 0 Å². The SMILES string of the molecule is COC(C)c1noc(CSCc2ncccc2C)n1. The fourth-order valence-electron chi connectivity index (χ4n) is 1.50. The molecule has 0 aromatic carbocycles. The van der Waals surface area contributed by atoms with E-state index in [1.807, 2.05) is 19.2 Å². The van der Waals surface area contributed by atoms with Gasteiger partial charge in [0, 0.05) is 19.1 Å². The van der Waals surface area contributed by atoms with Crippen LogP contribution >= 0.6 is 11.8 Å². The molecular formula is C13H17N3O2S. The summed E-state index contributed by atoms with van der Waals surface area (Å²) < 4.78 is 10.3. The normalized spacial score (nSPS) is 12.6. The third-order valence-corrected chi connectivity index (χ3v) is 3.71. The molecule has 0 bridgehead atoms. The molecule has 19 heavy (non-hydrogen) atoms. The first-order valence-electron chi connectivity index (χ1n) is 6.04. The van der Waals surface area contributed by atoms with Gasteiger partial charge in [0.25, 0.3) is 0 Å². The minimum absolute atomic E-state index is 0.138. The smallest absolute Gasteiger partial charge is 0.236 e. The number of thioether (sulfide) groups is 1. The van der Waals surface area contributed by atoms with E-state index in [0.717, 1.165) is 11.4 Å². The second kappa shape index (κ2) is 6.68. The standard InChI is InChI=1S/C13H17N3O2S/c1-9-5-4-6-14-11(9)7-19-8-12-15-13(16-18-12)10(2)17-3/h4-6,10H,7-8H2,1-3H3. The summed E-state index contributed by atoms with van der Waals surface area (Å²) in [7, 11) is 1.62. The number of ether oxygens (including phenoxy) is 1. The Hall–Kier alpha value is -1.40. The highest BCUT2D eigenvalue weighted by Crippen LogP contribution is 2.19. The maximum Gasteiger partial charge on any atom is 0.236 e. The van der Waals surface area contributed by atoms with E-state index >= 15 is 0 Å². The van der Waals surface area contributed by atoms with Gasteiger partial charge in [0.2, 0.25) is 5.89 Å². The number of methoxy groups -OCH3 is 1. The van der Waals surface area contributed by atoms with Crippen LogP contribution in [0.5, 0.6) is 0 Å². The molecule has 0 saturated heterocycles. The highest BCUT2D eigenvalue weighted by molar-refractivity contribution is 7.97. The molecule has 6 heteroatoms. The highest BCUT2D eigenvalue weighted by Gasteiger charge is 2.12. The third kappa shape index (κ3) is 3.78. The van der Waals surface area contributed by atoms with Gasteiger partial charge in [0.1, 0.15) is 6.10 Å². The second-order valence-corrected chi connectivity index (χ2v) is 5.17. The lowest BCUT2D eigenvalue weighted by molar-refractivity contribution is 0.109. The summed E-state index contributed by atoms with van der Waals surface area (Å²) in [5, 5.41) is 3.89. The van der Waals surface area contributed by atoms with Gasteiger partial charge in [-0.3, -0.25) is 4.98 Å². The number of nitrogens with zero attached hydrogens (tertiary/aromatic N) is 3. The maximum atomic E-state index is 5.17. The van der Waals surface area contributed by atoms with Crippen LogP contribution in [0.2, 0.25) is 0 Å². The minimum atomic E-state index is -0.138. The fourth-order valence-corrected chi connectivity index (χ4v) is 2.39. The van der Waals surface area contributed by atoms with Crippen LogP contribution in [0.15, 0.2) is 22.9 Å². The second-order valence-electron chi connectivity index (χ2n) is 4.18. The van der Waals surface area contributed by atoms with E-state index in [0.29, 0.717) is 17.5 Å². The molecule has 0 aliphatic carbocycles. The van der Waals surface area contributed by atoms with Crippen molar-refractivity contribution >= 4 is 11.8 Å². The van der Waals surface area contributed by atoms with Crippen LogP contribution in [-0.4, -0.2) is 22.2 Å². The summed E-state index contributed by atoms with van der Waals surface area (Å²) >= 11 is 1.71. The molecule has 2 heterocycles. The van der Waals surface area contributed by atoms with Crippen LogP contribution in [0, 0.1) is 6.92 Å². The van der Waals surface area contributed by atoms with Crippen molar-refractivity contribution < 1.29 is 9.26 Å². The first kappa shape index (κ1) is 14.0. The zero-order valence-corrected chi connectivity index (χ0v) is 12.1. The van der Waals surface area contributed by atoms with E-state index in [9.17, 15) is 0 Å². The minimum Gasteiger partial charge on any atom is -0.374 e. The molecule has 2 aromatic heterocycles. The van der Waals surface area contributed by atoms with Crippen LogP contribution in [0.25, 0.3) is 0 Å². The molecule has 0 amide bonds. The Morgan fingerprint density at radius 3 is 3.00 bits per heavy atom. The van der Waals surface area contributed by atoms with E-state index in [4.69, 9.17) is 9.26 Å². The Labute approximate surface area is 116 Å². The van der Waals surface area contributed by atoms with Crippen molar-refractivity contribution in [2.75, 3.05) is 7.11 Å². The van der Waals surface area contributed by atoms with Crippen LogP contribution < -0.4 is 0 Å². The van der Waals surface area contributed by atoms with Crippen molar-refractivity contribution in [3.8, 4) is 0 Å². The zero-order valence-electron chi connectivity index (χ0n) is 11.3. The van der Waals surface area contributed by atoms with Gasteiger partial charge in [-0.1, -0.05) is 11.2 Å². The Balaban J connectivity index is 1.86. The molecule has 2 aromatic rings. The van der Waals surface area contributed by atoms with E-state index in [2.05, 4.69) is 28.1 Å². The lowest BCUT2D eigenvalue weighted by Gasteiger charge is -2.02. The van der Waals surface area contributed by atoms with Crippen LogP contribution in [0.3, 0.4) is 0 Å². The fraction of sp³-hybridized carbons (Fsp3) is 0.462. The molecule has 1 unspecified atom stereocenters. The average molecular weight is 279 g/mol. The summed E-state index contributed by atoms with van der Waals surface area (Å²) in [5.41, 5.74) is 2.30. The molecule has 0 saturated carbocycles. The van der Waals surface area contributed by atoms with Crippen molar-refractivity contribution in [1.29, 1.82) is 0 Å². The zero-order chi connectivity index (χ0) is 13.7. The number of hydrogen-bond donors (Lipinski definition) is 0. The van der Waals surface area contributed by atoms with Gasteiger partial charge in [-0.15, -0.1) is 11.8 Å². The Bertz CT molecular complexity index is 530. The van der Waals surface area contributed by atoms with E-state index in [-0.39, 0.29) is 6.10 Å². The van der Waals surface area contributed by atoms with Gasteiger partial charge in [-0.25, -0.2) is 0 Å².